The van der Waals surface area contributed by atoms with Gasteiger partial charge in [-0.15, -0.1) is 0 Å². The molecule has 0 fully saturated rings. The molecule has 1 unspecified atom stereocenters. The third-order valence-electron chi connectivity index (χ3n) is 2.58. The molecule has 0 bridgehead atoms. The quantitative estimate of drug-likeness (QED) is 0.597. The number of pyridine rings is 2. The van der Waals surface area contributed by atoms with Crippen LogP contribution in [0.5, 0.6) is 5.75 Å². The van der Waals surface area contributed by atoms with Crippen molar-refractivity contribution >= 4 is 10.9 Å². The second-order valence-electron chi connectivity index (χ2n) is 3.78. The third kappa shape index (κ3) is 2.05. The fraction of sp³-hybridized carbons (Fsp3) is 0.167. The number of nitrogens with one attached hydrogen (secondary N) is 2. The highest BCUT2D eigenvalue weighted by atomic mass is 16.3. The number of hydrogen-bond acceptors (Lipinski definition) is 5. The Bertz CT molecular complexity index is 648. The van der Waals surface area contributed by atoms with Crippen molar-refractivity contribution in [2.75, 3.05) is 0 Å². The second kappa shape index (κ2) is 4.89. The van der Waals surface area contributed by atoms with E-state index in [2.05, 4.69) is 15.3 Å². The first-order valence-corrected chi connectivity index (χ1v) is 5.46. The van der Waals surface area contributed by atoms with Gasteiger partial charge in [0, 0.05) is 11.6 Å². The zero-order chi connectivity index (χ0) is 13.1. The Morgan fingerprint density at radius 2 is 2.39 bits per heavy atom. The minimum atomic E-state index is -0.775. The molecule has 0 spiro atoms. The van der Waals surface area contributed by atoms with Crippen molar-refractivity contribution in [3.8, 4) is 5.75 Å². The summed E-state index contributed by atoms with van der Waals surface area (Å²) in [7, 11) is 0. The molecule has 0 aliphatic heterocycles. The third-order valence-corrected chi connectivity index (χ3v) is 2.58. The molecule has 2 aromatic rings. The van der Waals surface area contributed by atoms with E-state index in [0.717, 1.165) is 0 Å². The summed E-state index contributed by atoms with van der Waals surface area (Å²) >= 11 is 0. The predicted octanol–water partition coefficient (Wildman–Crippen LogP) is 0.709. The Kier molecular flexibility index (Phi) is 3.29. The molecule has 18 heavy (non-hydrogen) atoms. The molecule has 1 atom stereocenters. The molecule has 2 rings (SSSR count). The number of aromatic hydroxyl groups is 1. The molecule has 0 aromatic carbocycles. The average Bonchev–Trinajstić information content (AvgIpc) is 2.36. The predicted molar refractivity (Wildman–Crippen MR) is 68.9 cm³/mol. The van der Waals surface area contributed by atoms with Crippen molar-refractivity contribution in [1.29, 1.82) is 0 Å². The van der Waals surface area contributed by atoms with E-state index in [9.17, 15) is 9.90 Å². The van der Waals surface area contributed by atoms with Crippen LogP contribution in [-0.4, -0.2) is 15.1 Å². The Morgan fingerprint density at radius 1 is 1.61 bits per heavy atom. The number of aromatic amines is 1. The van der Waals surface area contributed by atoms with Crippen LogP contribution >= 0.6 is 0 Å². The van der Waals surface area contributed by atoms with Gasteiger partial charge in [-0.05, 0) is 19.2 Å². The number of nitrogens with two attached hydrogens (primary N) is 1. The van der Waals surface area contributed by atoms with E-state index in [1.54, 1.807) is 18.3 Å². The summed E-state index contributed by atoms with van der Waals surface area (Å²) < 4.78 is 0. The van der Waals surface area contributed by atoms with Crippen LogP contribution < -0.4 is 16.6 Å². The zero-order valence-corrected chi connectivity index (χ0v) is 9.84. The fourth-order valence-electron chi connectivity index (χ4n) is 1.71. The Morgan fingerprint density at radius 3 is 3.11 bits per heavy atom. The molecule has 0 aliphatic rings. The van der Waals surface area contributed by atoms with Gasteiger partial charge in [-0.25, -0.2) is 0 Å². The van der Waals surface area contributed by atoms with Crippen LogP contribution in [0.3, 0.4) is 0 Å². The van der Waals surface area contributed by atoms with Gasteiger partial charge in [0.15, 0.2) is 0 Å². The van der Waals surface area contributed by atoms with Crippen LogP contribution in [0.4, 0.5) is 0 Å². The van der Waals surface area contributed by atoms with Crippen LogP contribution in [0, 0.1) is 0 Å². The van der Waals surface area contributed by atoms with Crippen LogP contribution in [-0.2, 0) is 0 Å². The van der Waals surface area contributed by atoms with Crippen molar-refractivity contribution in [3.05, 3.63) is 46.7 Å². The molecule has 0 aliphatic carbocycles. The van der Waals surface area contributed by atoms with Crippen molar-refractivity contribution in [1.82, 2.24) is 15.3 Å². The van der Waals surface area contributed by atoms with Gasteiger partial charge >= 0.3 is 0 Å². The van der Waals surface area contributed by atoms with Crippen molar-refractivity contribution in [2.24, 2.45) is 5.73 Å². The lowest BCUT2D eigenvalue weighted by Gasteiger charge is -2.14. The number of allylic oxidation sites excluding steroid dienone is 1. The van der Waals surface area contributed by atoms with E-state index >= 15 is 0 Å². The molecule has 94 valence electrons. The summed E-state index contributed by atoms with van der Waals surface area (Å²) in [6.45, 7) is 1.82. The summed E-state index contributed by atoms with van der Waals surface area (Å²) in [5, 5.41) is 13.4. The van der Waals surface area contributed by atoms with E-state index in [1.807, 2.05) is 6.92 Å². The van der Waals surface area contributed by atoms with Crippen molar-refractivity contribution in [2.45, 2.75) is 13.1 Å². The molecule has 2 aromatic heterocycles. The summed E-state index contributed by atoms with van der Waals surface area (Å²) in [5.74, 6) is -0.124. The maximum Gasteiger partial charge on any atom is 0.258 e. The molecule has 5 N–H and O–H groups in total. The van der Waals surface area contributed by atoms with Gasteiger partial charge in [0.25, 0.3) is 5.56 Å². The molecule has 6 nitrogen and oxygen atoms in total. The van der Waals surface area contributed by atoms with E-state index in [-0.39, 0.29) is 11.3 Å². The first-order valence-electron chi connectivity index (χ1n) is 5.46. The second-order valence-corrected chi connectivity index (χ2v) is 3.78. The Hall–Kier alpha value is -2.34. The monoisotopic (exact) mass is 246 g/mol. The highest BCUT2D eigenvalue weighted by Crippen LogP contribution is 2.26. The summed E-state index contributed by atoms with van der Waals surface area (Å²) in [5.41, 5.74) is 5.96. The van der Waals surface area contributed by atoms with Crippen molar-refractivity contribution in [3.63, 3.8) is 0 Å². The number of nitrogens with zero attached hydrogens (tertiary/aromatic N) is 1. The highest BCUT2D eigenvalue weighted by Gasteiger charge is 2.17. The number of hydrogen-bond donors (Lipinski definition) is 4. The SMILES string of the molecule is C/C=C/NC(N)c1c(O)c2ccncc2[nH]c1=O. The standard InChI is InChI=1S/C12H14N4O2/c1-2-4-15-11(13)9-10(17)7-3-5-14-6-8(7)16-12(9)18/h2-6,11,15H,13H2,1H3,(H2,16,17,18)/b4-2+. The molecule has 6 heteroatoms. The van der Waals surface area contributed by atoms with Crippen LogP contribution in [0.1, 0.15) is 18.7 Å². The Balaban J connectivity index is 2.60. The molecule has 2 heterocycles. The van der Waals surface area contributed by atoms with Crippen LogP contribution in [0.15, 0.2) is 35.5 Å². The minimum absolute atomic E-state index is 0.104. The fourth-order valence-corrected chi connectivity index (χ4v) is 1.71. The first kappa shape index (κ1) is 12.1. The smallest absolute Gasteiger partial charge is 0.258 e. The Labute approximate surface area is 103 Å². The maximum atomic E-state index is 11.9. The summed E-state index contributed by atoms with van der Waals surface area (Å²) in [6, 6.07) is 1.62. The van der Waals surface area contributed by atoms with Gasteiger partial charge < -0.3 is 21.1 Å². The van der Waals surface area contributed by atoms with Crippen molar-refractivity contribution < 1.29 is 5.11 Å². The molecule has 0 saturated heterocycles. The first-order chi connectivity index (χ1) is 8.65. The largest absolute Gasteiger partial charge is 0.507 e. The number of rotatable bonds is 3. The maximum absolute atomic E-state index is 11.9. The average molecular weight is 246 g/mol. The van der Waals surface area contributed by atoms with E-state index < -0.39 is 11.7 Å². The van der Waals surface area contributed by atoms with E-state index in [1.165, 1.54) is 12.4 Å². The lowest BCUT2D eigenvalue weighted by molar-refractivity contribution is 0.461. The lowest BCUT2D eigenvalue weighted by atomic mass is 10.1. The molecular weight excluding hydrogens is 232 g/mol. The zero-order valence-electron chi connectivity index (χ0n) is 9.84. The number of aromatic nitrogens is 2. The number of H-pyrrole nitrogens is 1. The van der Waals surface area contributed by atoms with Crippen LogP contribution in [0.25, 0.3) is 10.9 Å². The van der Waals surface area contributed by atoms with E-state index in [0.29, 0.717) is 10.9 Å². The number of fused-ring (bicyclic) bond motifs is 1. The van der Waals surface area contributed by atoms with Gasteiger partial charge in [-0.3, -0.25) is 9.78 Å². The topological polar surface area (TPSA) is 104 Å². The molecule has 0 radical (unpaired) electrons. The molecular formula is C12H14N4O2. The van der Waals surface area contributed by atoms with Gasteiger partial charge in [0.2, 0.25) is 0 Å². The van der Waals surface area contributed by atoms with Gasteiger partial charge in [0.05, 0.1) is 17.3 Å². The normalized spacial score (nSPS) is 13.0. The highest BCUT2D eigenvalue weighted by molar-refractivity contribution is 5.84. The lowest BCUT2D eigenvalue weighted by Crippen LogP contribution is -2.30. The summed E-state index contributed by atoms with van der Waals surface area (Å²) in [6.07, 6.45) is 5.60. The van der Waals surface area contributed by atoms with Gasteiger partial charge in [-0.2, -0.15) is 0 Å². The summed E-state index contributed by atoms with van der Waals surface area (Å²) in [4.78, 5) is 18.4. The molecule has 0 amide bonds. The van der Waals surface area contributed by atoms with Gasteiger partial charge in [0.1, 0.15) is 11.9 Å². The molecule has 0 saturated carbocycles. The minimum Gasteiger partial charge on any atom is -0.507 e. The van der Waals surface area contributed by atoms with Gasteiger partial charge in [-0.1, -0.05) is 6.08 Å². The van der Waals surface area contributed by atoms with Crippen LogP contribution in [0.2, 0.25) is 0 Å². The van der Waals surface area contributed by atoms with E-state index in [4.69, 9.17) is 5.73 Å².